The Morgan fingerprint density at radius 1 is 1.50 bits per heavy atom. The summed E-state index contributed by atoms with van der Waals surface area (Å²) in [4.78, 5) is 19.9. The number of rotatable bonds is 7. The first kappa shape index (κ1) is 15.2. The lowest BCUT2D eigenvalue weighted by atomic mass is 10.2. The van der Waals surface area contributed by atoms with E-state index in [0.717, 1.165) is 37.9 Å². The first-order valence-corrected chi connectivity index (χ1v) is 7.80. The van der Waals surface area contributed by atoms with Gasteiger partial charge in [0.05, 0.1) is 0 Å². The zero-order chi connectivity index (χ0) is 14.4. The molecule has 1 N–H and O–H groups in total. The van der Waals surface area contributed by atoms with Crippen molar-refractivity contribution in [3.8, 4) is 0 Å². The Kier molecular flexibility index (Phi) is 5.75. The zero-order valence-electron chi connectivity index (χ0n) is 11.7. The number of piperazine rings is 1. The molecule has 1 saturated heterocycles. The van der Waals surface area contributed by atoms with Gasteiger partial charge in [0.1, 0.15) is 0 Å². The predicted octanol–water partition coefficient (Wildman–Crippen LogP) is 1.14. The summed E-state index contributed by atoms with van der Waals surface area (Å²) in [6, 6.07) is 0. The number of aliphatic carboxylic acids is 1. The minimum Gasteiger partial charge on any atom is -0.479 e. The monoisotopic (exact) mass is 299 g/mol. The SMILES string of the molecule is CCOC(CCN1CCN(c2nccs2)CC1)C(=O)O. The van der Waals surface area contributed by atoms with Crippen molar-refractivity contribution in [2.75, 3.05) is 44.2 Å². The summed E-state index contributed by atoms with van der Waals surface area (Å²) in [5.74, 6) is -0.867. The van der Waals surface area contributed by atoms with Gasteiger partial charge in [0.2, 0.25) is 0 Å². The van der Waals surface area contributed by atoms with E-state index in [1.165, 1.54) is 0 Å². The standard InChI is InChI=1S/C13H21N3O3S/c1-2-19-11(12(17)18)3-5-15-6-8-16(9-7-15)13-14-4-10-20-13/h4,10-11H,2-3,5-9H2,1H3,(H,17,18). The van der Waals surface area contributed by atoms with Crippen LogP contribution in [0, 0.1) is 0 Å². The van der Waals surface area contributed by atoms with E-state index >= 15 is 0 Å². The summed E-state index contributed by atoms with van der Waals surface area (Å²) in [5.41, 5.74) is 0. The Morgan fingerprint density at radius 3 is 2.80 bits per heavy atom. The van der Waals surface area contributed by atoms with Crippen molar-refractivity contribution in [2.45, 2.75) is 19.4 Å². The Labute approximate surface area is 123 Å². The van der Waals surface area contributed by atoms with Crippen LogP contribution in [0.3, 0.4) is 0 Å². The molecule has 1 aliphatic rings. The molecule has 0 saturated carbocycles. The van der Waals surface area contributed by atoms with Gasteiger partial charge in [-0.15, -0.1) is 11.3 Å². The van der Waals surface area contributed by atoms with Crippen LogP contribution in [0.2, 0.25) is 0 Å². The molecule has 0 bridgehead atoms. The van der Waals surface area contributed by atoms with Gasteiger partial charge in [-0.05, 0) is 13.3 Å². The molecule has 6 nitrogen and oxygen atoms in total. The molecule has 0 amide bonds. The number of ether oxygens (including phenoxy) is 1. The van der Waals surface area contributed by atoms with Crippen LogP contribution in [0.1, 0.15) is 13.3 Å². The number of anilines is 1. The van der Waals surface area contributed by atoms with Crippen LogP contribution < -0.4 is 4.90 Å². The summed E-state index contributed by atoms with van der Waals surface area (Å²) < 4.78 is 5.23. The second kappa shape index (κ2) is 7.56. The van der Waals surface area contributed by atoms with E-state index in [2.05, 4.69) is 14.8 Å². The van der Waals surface area contributed by atoms with Gasteiger partial charge in [-0.2, -0.15) is 0 Å². The number of aromatic nitrogens is 1. The van der Waals surface area contributed by atoms with Gasteiger partial charge in [0.15, 0.2) is 11.2 Å². The molecule has 20 heavy (non-hydrogen) atoms. The third-order valence-electron chi connectivity index (χ3n) is 3.41. The van der Waals surface area contributed by atoms with Crippen molar-refractivity contribution in [1.29, 1.82) is 0 Å². The van der Waals surface area contributed by atoms with E-state index in [9.17, 15) is 4.79 Å². The van der Waals surface area contributed by atoms with Crippen molar-refractivity contribution >= 4 is 22.4 Å². The van der Waals surface area contributed by atoms with Crippen molar-refractivity contribution < 1.29 is 14.6 Å². The van der Waals surface area contributed by atoms with E-state index in [-0.39, 0.29) is 0 Å². The van der Waals surface area contributed by atoms with Crippen molar-refractivity contribution in [3.63, 3.8) is 0 Å². The normalized spacial score (nSPS) is 18.1. The molecule has 2 rings (SSSR count). The number of nitrogens with zero attached hydrogens (tertiary/aromatic N) is 3. The molecule has 112 valence electrons. The highest BCUT2D eigenvalue weighted by molar-refractivity contribution is 7.13. The molecule has 1 aromatic heterocycles. The number of carboxylic acids is 1. The maximum atomic E-state index is 11.0. The van der Waals surface area contributed by atoms with Crippen LogP contribution in [0.25, 0.3) is 0 Å². The van der Waals surface area contributed by atoms with E-state index in [1.807, 2.05) is 18.5 Å². The van der Waals surface area contributed by atoms with Crippen molar-refractivity contribution in [2.24, 2.45) is 0 Å². The van der Waals surface area contributed by atoms with E-state index in [4.69, 9.17) is 9.84 Å². The van der Waals surface area contributed by atoms with Gasteiger partial charge < -0.3 is 14.7 Å². The average Bonchev–Trinajstić information content (AvgIpc) is 2.98. The van der Waals surface area contributed by atoms with Crippen LogP contribution >= 0.6 is 11.3 Å². The van der Waals surface area contributed by atoms with Gasteiger partial charge in [0, 0.05) is 50.9 Å². The predicted molar refractivity (Wildman–Crippen MR) is 78.4 cm³/mol. The van der Waals surface area contributed by atoms with Crippen LogP contribution in [0.5, 0.6) is 0 Å². The minimum absolute atomic E-state index is 0.439. The fourth-order valence-electron chi connectivity index (χ4n) is 2.31. The molecule has 0 aromatic carbocycles. The summed E-state index contributed by atoms with van der Waals surface area (Å²) in [5, 5.41) is 12.1. The molecular formula is C13H21N3O3S. The van der Waals surface area contributed by atoms with Crippen LogP contribution in [-0.2, 0) is 9.53 Å². The largest absolute Gasteiger partial charge is 0.479 e. The zero-order valence-corrected chi connectivity index (χ0v) is 12.5. The molecular weight excluding hydrogens is 278 g/mol. The van der Waals surface area contributed by atoms with Gasteiger partial charge in [-0.3, -0.25) is 4.90 Å². The van der Waals surface area contributed by atoms with Crippen LogP contribution in [-0.4, -0.2) is 66.4 Å². The Morgan fingerprint density at radius 2 is 2.25 bits per heavy atom. The third kappa shape index (κ3) is 4.16. The van der Waals surface area contributed by atoms with E-state index in [1.54, 1.807) is 11.3 Å². The Hall–Kier alpha value is -1.18. The lowest BCUT2D eigenvalue weighted by Gasteiger charge is -2.34. The fraction of sp³-hybridized carbons (Fsp3) is 0.692. The number of hydrogen-bond acceptors (Lipinski definition) is 6. The fourth-order valence-corrected chi connectivity index (χ4v) is 3.01. The Bertz CT molecular complexity index is 405. The molecule has 1 aromatic rings. The van der Waals surface area contributed by atoms with Crippen LogP contribution in [0.4, 0.5) is 5.13 Å². The number of thiazole rings is 1. The smallest absolute Gasteiger partial charge is 0.332 e. The first-order valence-electron chi connectivity index (χ1n) is 6.92. The van der Waals surface area contributed by atoms with Gasteiger partial charge in [-0.1, -0.05) is 0 Å². The third-order valence-corrected chi connectivity index (χ3v) is 4.25. The molecule has 2 heterocycles. The maximum Gasteiger partial charge on any atom is 0.332 e. The molecule has 1 unspecified atom stereocenters. The molecule has 7 heteroatoms. The Balaban J connectivity index is 1.72. The molecule has 1 aliphatic heterocycles. The van der Waals surface area contributed by atoms with Gasteiger partial charge >= 0.3 is 5.97 Å². The van der Waals surface area contributed by atoms with Crippen molar-refractivity contribution in [1.82, 2.24) is 9.88 Å². The highest BCUT2D eigenvalue weighted by atomic mass is 32.1. The average molecular weight is 299 g/mol. The van der Waals surface area contributed by atoms with Gasteiger partial charge in [0.25, 0.3) is 0 Å². The highest BCUT2D eigenvalue weighted by Crippen LogP contribution is 2.19. The summed E-state index contributed by atoms with van der Waals surface area (Å²) in [7, 11) is 0. The lowest BCUT2D eigenvalue weighted by molar-refractivity contribution is -0.150. The first-order chi connectivity index (χ1) is 9.70. The lowest BCUT2D eigenvalue weighted by Crippen LogP contribution is -2.47. The van der Waals surface area contributed by atoms with Gasteiger partial charge in [-0.25, -0.2) is 9.78 Å². The summed E-state index contributed by atoms with van der Waals surface area (Å²) in [6.07, 6.45) is 1.68. The second-order valence-electron chi connectivity index (χ2n) is 4.71. The van der Waals surface area contributed by atoms with E-state index < -0.39 is 12.1 Å². The molecule has 0 spiro atoms. The van der Waals surface area contributed by atoms with Crippen molar-refractivity contribution in [3.05, 3.63) is 11.6 Å². The molecule has 1 atom stereocenters. The summed E-state index contributed by atoms with van der Waals surface area (Å²) in [6.45, 7) is 6.80. The minimum atomic E-state index is -0.867. The van der Waals surface area contributed by atoms with Crippen LogP contribution in [0.15, 0.2) is 11.6 Å². The highest BCUT2D eigenvalue weighted by Gasteiger charge is 2.22. The number of carboxylic acid groups (broad SMARTS) is 1. The quantitative estimate of drug-likeness (QED) is 0.814. The number of carbonyl (C=O) groups is 1. The maximum absolute atomic E-state index is 11.0. The molecule has 0 aliphatic carbocycles. The summed E-state index contributed by atoms with van der Waals surface area (Å²) >= 11 is 1.66. The van der Waals surface area contributed by atoms with E-state index in [0.29, 0.717) is 13.0 Å². The number of hydrogen-bond donors (Lipinski definition) is 1. The molecule has 1 fully saturated rings. The topological polar surface area (TPSA) is 65.9 Å². The molecule has 0 radical (unpaired) electrons. The second-order valence-corrected chi connectivity index (χ2v) is 5.59.